The van der Waals surface area contributed by atoms with E-state index in [4.69, 9.17) is 0 Å². The Labute approximate surface area is 189 Å². The van der Waals surface area contributed by atoms with E-state index < -0.39 is 0 Å². The average molecular weight is 412 g/mol. The molecule has 3 heteroatoms. The molecular formula is C28H37BN2. The Morgan fingerprint density at radius 3 is 2.23 bits per heavy atom. The number of benzene rings is 2. The molecule has 2 nitrogen and oxygen atoms in total. The van der Waals surface area contributed by atoms with Crippen LogP contribution in [0.3, 0.4) is 0 Å². The van der Waals surface area contributed by atoms with E-state index in [9.17, 15) is 0 Å². The van der Waals surface area contributed by atoms with Crippen molar-refractivity contribution in [1.82, 2.24) is 10.2 Å². The Balaban J connectivity index is 1.40. The molecule has 0 spiro atoms. The van der Waals surface area contributed by atoms with Gasteiger partial charge in [0, 0.05) is 0 Å². The van der Waals surface area contributed by atoms with Crippen molar-refractivity contribution in [2.45, 2.75) is 63.3 Å². The first-order chi connectivity index (χ1) is 15.2. The van der Waals surface area contributed by atoms with E-state index in [0.717, 1.165) is 50.4 Å². The maximum absolute atomic E-state index is 4.55. The van der Waals surface area contributed by atoms with Crippen LogP contribution in [0.15, 0.2) is 72.9 Å². The van der Waals surface area contributed by atoms with Crippen LogP contribution in [0.1, 0.15) is 62.5 Å². The fourth-order valence-corrected chi connectivity index (χ4v) is 5.53. The SMILES string of the molecule is B=C(NCc1ccccc1)C1(c2ccccc2)CCN(C(=C)CCC2CCCC2)CC1. The van der Waals surface area contributed by atoms with E-state index in [1.54, 1.807) is 0 Å². The molecule has 2 aliphatic rings. The van der Waals surface area contributed by atoms with E-state index in [1.807, 2.05) is 0 Å². The van der Waals surface area contributed by atoms with Crippen molar-refractivity contribution in [3.05, 3.63) is 84.1 Å². The van der Waals surface area contributed by atoms with Crippen LogP contribution in [-0.4, -0.2) is 31.1 Å². The molecule has 2 fully saturated rings. The van der Waals surface area contributed by atoms with Crippen LogP contribution >= 0.6 is 0 Å². The van der Waals surface area contributed by atoms with E-state index >= 15 is 0 Å². The van der Waals surface area contributed by atoms with Gasteiger partial charge in [0.1, 0.15) is 0 Å². The Morgan fingerprint density at radius 2 is 1.58 bits per heavy atom. The average Bonchev–Trinajstić information content (AvgIpc) is 3.36. The summed E-state index contributed by atoms with van der Waals surface area (Å²) in [6, 6.07) is 21.6. The van der Waals surface area contributed by atoms with Gasteiger partial charge in [-0.2, -0.15) is 0 Å². The van der Waals surface area contributed by atoms with Crippen molar-refractivity contribution >= 4 is 13.1 Å². The molecule has 1 saturated carbocycles. The molecule has 31 heavy (non-hydrogen) atoms. The third-order valence-electron chi connectivity index (χ3n) is 7.63. The zero-order valence-corrected chi connectivity index (χ0v) is 19.0. The Kier molecular flexibility index (Phi) is 7.32. The summed E-state index contributed by atoms with van der Waals surface area (Å²) in [4.78, 5) is 2.54. The predicted molar refractivity (Wildman–Crippen MR) is 135 cm³/mol. The number of hydrogen-bond donors (Lipinski definition) is 1. The van der Waals surface area contributed by atoms with Crippen LogP contribution in [-0.2, 0) is 12.0 Å². The Hall–Kier alpha value is -2.29. The molecule has 0 bridgehead atoms. The standard InChI is InChI=1S/C28H37BN2/c1-23(16-17-24-10-8-9-11-24)31-20-18-28(19-21-31,26-14-6-3-7-15-26)27(29)30-22-25-12-4-2-5-13-25/h2-7,12-15,24,29-30H,1,8-11,16-22H2. The molecule has 0 aromatic heterocycles. The second kappa shape index (κ2) is 10.4. The van der Waals surface area contributed by atoms with Crippen molar-refractivity contribution in [2.75, 3.05) is 13.1 Å². The van der Waals surface area contributed by atoms with E-state index in [-0.39, 0.29) is 5.41 Å². The van der Waals surface area contributed by atoms with Gasteiger partial charge in [0.05, 0.1) is 0 Å². The van der Waals surface area contributed by atoms with Gasteiger partial charge in [-0.25, -0.2) is 0 Å². The summed E-state index contributed by atoms with van der Waals surface area (Å²) in [7, 11) is 4.55. The molecule has 1 N–H and O–H groups in total. The molecule has 4 rings (SSSR count). The van der Waals surface area contributed by atoms with E-state index in [2.05, 4.69) is 84.9 Å². The van der Waals surface area contributed by atoms with Crippen molar-refractivity contribution < 1.29 is 0 Å². The summed E-state index contributed by atoms with van der Waals surface area (Å²) < 4.78 is 0. The molecule has 1 saturated heterocycles. The minimum absolute atomic E-state index is 0.0156. The normalized spacial score (nSPS) is 18.6. The van der Waals surface area contributed by atoms with Gasteiger partial charge < -0.3 is 0 Å². The summed E-state index contributed by atoms with van der Waals surface area (Å²) in [6.07, 6.45) is 10.4. The molecule has 2 aromatic carbocycles. The van der Waals surface area contributed by atoms with Crippen LogP contribution in [0.5, 0.6) is 0 Å². The molecule has 0 radical (unpaired) electrons. The van der Waals surface area contributed by atoms with Crippen molar-refractivity contribution in [3.8, 4) is 0 Å². The van der Waals surface area contributed by atoms with Crippen molar-refractivity contribution in [2.24, 2.45) is 5.92 Å². The van der Waals surface area contributed by atoms with E-state index in [1.165, 1.54) is 48.9 Å². The Bertz CT molecular complexity index is 847. The number of nitrogens with zero attached hydrogens (tertiary/aromatic N) is 1. The number of piperidine rings is 1. The number of rotatable bonds is 9. The Morgan fingerprint density at radius 1 is 0.968 bits per heavy atom. The van der Waals surface area contributed by atoms with Gasteiger partial charge in [-0.15, -0.1) is 0 Å². The summed E-state index contributed by atoms with van der Waals surface area (Å²) in [6.45, 7) is 7.41. The number of nitrogens with one attached hydrogen (secondary N) is 1. The fraction of sp³-hybridized carbons (Fsp3) is 0.464. The summed E-state index contributed by atoms with van der Waals surface area (Å²) in [5.74, 6) is 0.937. The van der Waals surface area contributed by atoms with Gasteiger partial charge in [0.2, 0.25) is 0 Å². The first-order valence-corrected chi connectivity index (χ1v) is 12.1. The topological polar surface area (TPSA) is 15.3 Å². The molecule has 0 unspecified atom stereocenters. The van der Waals surface area contributed by atoms with Crippen LogP contribution < -0.4 is 5.32 Å². The monoisotopic (exact) mass is 412 g/mol. The first kappa shape index (κ1) is 21.9. The fourth-order valence-electron chi connectivity index (χ4n) is 5.53. The second-order valence-corrected chi connectivity index (χ2v) is 9.51. The summed E-state index contributed by atoms with van der Waals surface area (Å²) in [5.41, 5.74) is 5.16. The molecule has 1 aliphatic carbocycles. The number of hydrogen-bond acceptors (Lipinski definition) is 2. The molecule has 0 atom stereocenters. The zero-order chi connectivity index (χ0) is 21.5. The van der Waals surface area contributed by atoms with Gasteiger partial charge in [-0.1, -0.05) is 0 Å². The van der Waals surface area contributed by atoms with Crippen LogP contribution in [0, 0.1) is 5.92 Å². The third-order valence-corrected chi connectivity index (χ3v) is 7.63. The van der Waals surface area contributed by atoms with Crippen molar-refractivity contribution in [1.29, 1.82) is 0 Å². The molecular weight excluding hydrogens is 375 g/mol. The maximum atomic E-state index is 4.55. The zero-order valence-electron chi connectivity index (χ0n) is 19.0. The molecule has 1 heterocycles. The molecule has 1 aliphatic heterocycles. The van der Waals surface area contributed by atoms with Gasteiger partial charge in [0.15, 0.2) is 0 Å². The van der Waals surface area contributed by atoms with E-state index in [0.29, 0.717) is 0 Å². The van der Waals surface area contributed by atoms with Crippen LogP contribution in [0.25, 0.3) is 0 Å². The first-order valence-electron chi connectivity index (χ1n) is 12.1. The predicted octanol–water partition coefficient (Wildman–Crippen LogP) is 5.32. The quantitative estimate of drug-likeness (QED) is 0.561. The van der Waals surface area contributed by atoms with Gasteiger partial charge in [-0.05, 0) is 0 Å². The van der Waals surface area contributed by atoms with Crippen LogP contribution in [0.2, 0.25) is 0 Å². The van der Waals surface area contributed by atoms with Crippen LogP contribution in [0.4, 0.5) is 0 Å². The van der Waals surface area contributed by atoms with Gasteiger partial charge in [-0.3, -0.25) is 0 Å². The molecule has 0 amide bonds. The van der Waals surface area contributed by atoms with Gasteiger partial charge in [0.25, 0.3) is 0 Å². The van der Waals surface area contributed by atoms with Gasteiger partial charge >= 0.3 is 190 Å². The number of likely N-dealkylation sites (tertiary alicyclic amines) is 1. The minimum atomic E-state index is -0.0156. The summed E-state index contributed by atoms with van der Waals surface area (Å²) in [5, 5.41) is 3.68. The molecule has 162 valence electrons. The number of allylic oxidation sites excluding steroid dienone is 1. The van der Waals surface area contributed by atoms with Crippen molar-refractivity contribution in [3.63, 3.8) is 0 Å². The molecule has 2 aromatic rings. The summed E-state index contributed by atoms with van der Waals surface area (Å²) >= 11 is 0. The third kappa shape index (κ3) is 5.32. The second-order valence-electron chi connectivity index (χ2n) is 9.51.